The van der Waals surface area contributed by atoms with Crippen LogP contribution < -0.4 is 10.6 Å². The number of amides is 2. The highest BCUT2D eigenvalue weighted by Crippen LogP contribution is 2.26. The summed E-state index contributed by atoms with van der Waals surface area (Å²) in [5.74, 6) is -1.53. The molecule has 2 N–H and O–H groups in total. The molecule has 1 fully saturated rings. The van der Waals surface area contributed by atoms with Crippen LogP contribution in [0.4, 0.5) is 5.69 Å². The third-order valence-corrected chi connectivity index (χ3v) is 4.71. The van der Waals surface area contributed by atoms with Gasteiger partial charge in [0.1, 0.15) is 6.61 Å². The molecule has 2 amide bonds. The number of nitrogens with zero attached hydrogens (tertiary/aromatic N) is 1. The van der Waals surface area contributed by atoms with E-state index in [1.165, 1.54) is 5.56 Å². The number of esters is 1. The Bertz CT molecular complexity index is 861. The summed E-state index contributed by atoms with van der Waals surface area (Å²) in [6.45, 7) is 2.42. The van der Waals surface area contributed by atoms with Crippen molar-refractivity contribution < 1.29 is 19.1 Å². The molecule has 2 aromatic rings. The van der Waals surface area contributed by atoms with E-state index < -0.39 is 17.8 Å². The largest absolute Gasteiger partial charge is 0.461 e. The van der Waals surface area contributed by atoms with E-state index in [1.807, 2.05) is 24.3 Å². The Kier molecular flexibility index (Phi) is 5.54. The SMILES string of the molecule is CCc1ccc(N2CC(C(=O)OCc3cccc(C(N)=O)c3)CC2=O)cc1. The first-order chi connectivity index (χ1) is 13.0. The predicted octanol–water partition coefficient (Wildman–Crippen LogP) is 2.44. The second-order valence-electron chi connectivity index (χ2n) is 6.60. The molecule has 1 heterocycles. The molecule has 2 aromatic carbocycles. The normalized spacial score (nSPS) is 16.4. The number of primary amides is 1. The van der Waals surface area contributed by atoms with Crippen molar-refractivity contribution in [3.8, 4) is 0 Å². The van der Waals surface area contributed by atoms with Gasteiger partial charge in [-0.1, -0.05) is 31.2 Å². The van der Waals surface area contributed by atoms with Gasteiger partial charge in [-0.2, -0.15) is 0 Å². The number of hydrogen-bond acceptors (Lipinski definition) is 4. The Hall–Kier alpha value is -3.15. The topological polar surface area (TPSA) is 89.7 Å². The number of aryl methyl sites for hydroxylation is 1. The summed E-state index contributed by atoms with van der Waals surface area (Å²) < 4.78 is 5.35. The van der Waals surface area contributed by atoms with Crippen LogP contribution in [0.5, 0.6) is 0 Å². The molecule has 3 rings (SSSR count). The van der Waals surface area contributed by atoms with Crippen molar-refractivity contribution in [2.24, 2.45) is 11.7 Å². The summed E-state index contributed by atoms with van der Waals surface area (Å²) in [5.41, 5.74) is 8.28. The maximum Gasteiger partial charge on any atom is 0.311 e. The van der Waals surface area contributed by atoms with Gasteiger partial charge in [-0.25, -0.2) is 0 Å². The molecule has 1 saturated heterocycles. The molecule has 1 unspecified atom stereocenters. The Labute approximate surface area is 157 Å². The highest BCUT2D eigenvalue weighted by Gasteiger charge is 2.36. The molecule has 1 atom stereocenters. The van der Waals surface area contributed by atoms with Gasteiger partial charge in [0.15, 0.2) is 0 Å². The highest BCUT2D eigenvalue weighted by molar-refractivity contribution is 5.99. The third-order valence-electron chi connectivity index (χ3n) is 4.71. The zero-order valence-electron chi connectivity index (χ0n) is 15.2. The van der Waals surface area contributed by atoms with Gasteiger partial charge in [0.25, 0.3) is 0 Å². The van der Waals surface area contributed by atoms with E-state index in [0.29, 0.717) is 17.7 Å². The molecule has 0 radical (unpaired) electrons. The summed E-state index contributed by atoms with van der Waals surface area (Å²) in [6, 6.07) is 14.4. The maximum atomic E-state index is 12.4. The second kappa shape index (κ2) is 8.03. The Balaban J connectivity index is 1.60. The average molecular weight is 366 g/mol. The van der Waals surface area contributed by atoms with Crippen molar-refractivity contribution >= 4 is 23.5 Å². The molecule has 6 heteroatoms. The molecule has 140 valence electrons. The van der Waals surface area contributed by atoms with Crippen molar-refractivity contribution in [2.75, 3.05) is 11.4 Å². The van der Waals surface area contributed by atoms with E-state index >= 15 is 0 Å². The molecule has 6 nitrogen and oxygen atoms in total. The Morgan fingerprint density at radius 3 is 2.56 bits per heavy atom. The molecular weight excluding hydrogens is 344 g/mol. The smallest absolute Gasteiger partial charge is 0.311 e. The lowest BCUT2D eigenvalue weighted by atomic mass is 10.1. The van der Waals surface area contributed by atoms with Gasteiger partial charge in [-0.05, 0) is 41.8 Å². The minimum absolute atomic E-state index is 0.0375. The number of nitrogens with two attached hydrogens (primary N) is 1. The average Bonchev–Trinajstić information content (AvgIpc) is 3.08. The summed E-state index contributed by atoms with van der Waals surface area (Å²) in [5, 5.41) is 0. The second-order valence-corrected chi connectivity index (χ2v) is 6.60. The fourth-order valence-corrected chi connectivity index (χ4v) is 3.11. The molecule has 0 aromatic heterocycles. The number of rotatable bonds is 6. The first kappa shape index (κ1) is 18.6. The number of carbonyl (C=O) groups is 3. The van der Waals surface area contributed by atoms with Crippen LogP contribution in [-0.4, -0.2) is 24.3 Å². The zero-order valence-corrected chi connectivity index (χ0v) is 15.2. The summed E-state index contributed by atoms with van der Waals surface area (Å²) >= 11 is 0. The lowest BCUT2D eigenvalue weighted by Gasteiger charge is -2.17. The van der Waals surface area contributed by atoms with Crippen molar-refractivity contribution in [1.82, 2.24) is 0 Å². The molecule has 0 bridgehead atoms. The number of hydrogen-bond donors (Lipinski definition) is 1. The molecular formula is C21H22N2O4. The van der Waals surface area contributed by atoms with Gasteiger partial charge in [0.05, 0.1) is 5.92 Å². The van der Waals surface area contributed by atoms with Crippen LogP contribution in [0.1, 0.15) is 34.8 Å². The van der Waals surface area contributed by atoms with Crippen LogP contribution in [0.25, 0.3) is 0 Å². The lowest BCUT2D eigenvalue weighted by Crippen LogP contribution is -2.26. The summed E-state index contributed by atoms with van der Waals surface area (Å²) in [6.07, 6.45) is 1.07. The van der Waals surface area contributed by atoms with Crippen LogP contribution >= 0.6 is 0 Å². The van der Waals surface area contributed by atoms with Crippen LogP contribution in [0, 0.1) is 5.92 Å². The summed E-state index contributed by atoms with van der Waals surface area (Å²) in [7, 11) is 0. The Morgan fingerprint density at radius 1 is 1.15 bits per heavy atom. The van der Waals surface area contributed by atoms with Gasteiger partial charge in [-0.3, -0.25) is 14.4 Å². The fourth-order valence-electron chi connectivity index (χ4n) is 3.11. The van der Waals surface area contributed by atoms with E-state index in [4.69, 9.17) is 10.5 Å². The number of carbonyl (C=O) groups excluding carboxylic acids is 3. The molecule has 1 aliphatic heterocycles. The lowest BCUT2D eigenvalue weighted by molar-refractivity contribution is -0.149. The monoisotopic (exact) mass is 366 g/mol. The zero-order chi connectivity index (χ0) is 19.4. The van der Waals surface area contributed by atoms with E-state index in [9.17, 15) is 14.4 Å². The quantitative estimate of drug-likeness (QED) is 0.795. The van der Waals surface area contributed by atoms with Crippen LogP contribution in [-0.2, 0) is 27.4 Å². The van der Waals surface area contributed by atoms with E-state index in [1.54, 1.807) is 29.2 Å². The summed E-state index contributed by atoms with van der Waals surface area (Å²) in [4.78, 5) is 37.5. The fraction of sp³-hybridized carbons (Fsp3) is 0.286. The van der Waals surface area contributed by atoms with Crippen LogP contribution in [0.3, 0.4) is 0 Å². The number of anilines is 1. The van der Waals surface area contributed by atoms with E-state index in [2.05, 4.69) is 6.92 Å². The van der Waals surface area contributed by atoms with Gasteiger partial charge < -0.3 is 15.4 Å². The van der Waals surface area contributed by atoms with Crippen molar-refractivity contribution in [3.63, 3.8) is 0 Å². The van der Waals surface area contributed by atoms with E-state index in [-0.39, 0.29) is 18.9 Å². The number of benzene rings is 2. The minimum Gasteiger partial charge on any atom is -0.461 e. The van der Waals surface area contributed by atoms with Gasteiger partial charge >= 0.3 is 5.97 Å². The van der Waals surface area contributed by atoms with Gasteiger partial charge in [-0.15, -0.1) is 0 Å². The van der Waals surface area contributed by atoms with Crippen molar-refractivity contribution in [3.05, 3.63) is 65.2 Å². The Morgan fingerprint density at radius 2 is 1.89 bits per heavy atom. The molecule has 0 saturated carbocycles. The first-order valence-electron chi connectivity index (χ1n) is 8.92. The standard InChI is InChI=1S/C21H22N2O4/c1-2-14-6-8-18(9-7-14)23-12-17(11-19(23)24)21(26)27-13-15-4-3-5-16(10-15)20(22)25/h3-10,17H,2,11-13H2,1H3,(H2,22,25). The predicted molar refractivity (Wildman–Crippen MR) is 101 cm³/mol. The number of ether oxygens (including phenoxy) is 1. The molecule has 1 aliphatic rings. The van der Waals surface area contributed by atoms with Gasteiger partial charge in [0.2, 0.25) is 11.8 Å². The first-order valence-corrected chi connectivity index (χ1v) is 8.92. The van der Waals surface area contributed by atoms with Crippen LogP contribution in [0.2, 0.25) is 0 Å². The van der Waals surface area contributed by atoms with Crippen molar-refractivity contribution in [2.45, 2.75) is 26.4 Å². The molecule has 0 spiro atoms. The van der Waals surface area contributed by atoms with Gasteiger partial charge in [0, 0.05) is 24.2 Å². The highest BCUT2D eigenvalue weighted by atomic mass is 16.5. The van der Waals surface area contributed by atoms with E-state index in [0.717, 1.165) is 12.1 Å². The molecule has 0 aliphatic carbocycles. The molecule has 27 heavy (non-hydrogen) atoms. The van der Waals surface area contributed by atoms with Crippen molar-refractivity contribution in [1.29, 1.82) is 0 Å². The minimum atomic E-state index is -0.533. The van der Waals surface area contributed by atoms with Crippen LogP contribution in [0.15, 0.2) is 48.5 Å². The third kappa shape index (κ3) is 4.34. The maximum absolute atomic E-state index is 12.4.